The summed E-state index contributed by atoms with van der Waals surface area (Å²) in [7, 11) is 0. The number of halogens is 2. The molecule has 6 heteroatoms. The Labute approximate surface area is 125 Å². The number of aliphatic imine (C=N–C) groups is 1. The summed E-state index contributed by atoms with van der Waals surface area (Å²) in [5, 5.41) is 11.6. The highest BCUT2D eigenvalue weighted by Crippen LogP contribution is 2.18. The van der Waals surface area contributed by atoms with Crippen molar-refractivity contribution in [1.29, 1.82) is 5.26 Å². The number of thioether (sulfide) groups is 1. The Morgan fingerprint density at radius 2 is 1.90 bits per heavy atom. The second kappa shape index (κ2) is 7.41. The normalized spacial score (nSPS) is 11.0. The monoisotopic (exact) mass is 303 g/mol. The Hall–Kier alpha value is -2.39. The van der Waals surface area contributed by atoms with Gasteiger partial charge in [0.1, 0.15) is 11.6 Å². The molecule has 0 aliphatic carbocycles. The van der Waals surface area contributed by atoms with E-state index >= 15 is 0 Å². The van der Waals surface area contributed by atoms with Gasteiger partial charge in [0.15, 0.2) is 11.4 Å². The molecule has 0 atom stereocenters. The van der Waals surface area contributed by atoms with Gasteiger partial charge in [-0.3, -0.25) is 5.32 Å². The van der Waals surface area contributed by atoms with Crippen LogP contribution in [0.4, 0.5) is 14.5 Å². The highest BCUT2D eigenvalue weighted by molar-refractivity contribution is 8.13. The van der Waals surface area contributed by atoms with Gasteiger partial charge in [-0.1, -0.05) is 23.9 Å². The molecule has 0 saturated carbocycles. The molecular weight excluding hydrogens is 292 g/mol. The quantitative estimate of drug-likeness (QED) is 0.404. The van der Waals surface area contributed by atoms with Gasteiger partial charge in [0, 0.05) is 5.75 Å². The maximum atomic E-state index is 13.1. The van der Waals surface area contributed by atoms with Crippen LogP contribution in [0.2, 0.25) is 0 Å². The fraction of sp³-hybridized carbons (Fsp3) is 0.0667. The van der Waals surface area contributed by atoms with Gasteiger partial charge >= 0.3 is 0 Å². The van der Waals surface area contributed by atoms with Gasteiger partial charge in [-0.15, -0.1) is 0 Å². The van der Waals surface area contributed by atoms with E-state index in [4.69, 9.17) is 5.26 Å². The van der Waals surface area contributed by atoms with Crippen LogP contribution in [0.3, 0.4) is 0 Å². The maximum Gasteiger partial charge on any atom is 0.183 e. The Balaban J connectivity index is 2.08. The van der Waals surface area contributed by atoms with Crippen molar-refractivity contribution in [3.63, 3.8) is 0 Å². The maximum absolute atomic E-state index is 13.1. The highest BCUT2D eigenvalue weighted by atomic mass is 32.2. The number of amidine groups is 1. The number of nitrogens with one attached hydrogen (secondary N) is 1. The minimum absolute atomic E-state index is 0.307. The summed E-state index contributed by atoms with van der Waals surface area (Å²) in [5.74, 6) is -0.193. The molecule has 2 aromatic carbocycles. The van der Waals surface area contributed by atoms with E-state index in [2.05, 4.69) is 10.3 Å². The molecule has 0 aliphatic heterocycles. The third-order valence-corrected chi connectivity index (χ3v) is 3.43. The Morgan fingerprint density at radius 3 is 2.57 bits per heavy atom. The molecule has 1 N–H and O–H groups in total. The molecule has 0 bridgehead atoms. The van der Waals surface area contributed by atoms with E-state index in [0.717, 1.165) is 5.56 Å². The highest BCUT2D eigenvalue weighted by Gasteiger charge is 2.03. The zero-order chi connectivity index (χ0) is 15.1. The summed E-state index contributed by atoms with van der Waals surface area (Å²) >= 11 is 1.26. The summed E-state index contributed by atoms with van der Waals surface area (Å²) < 4.78 is 25.9. The van der Waals surface area contributed by atoms with Gasteiger partial charge in [0.05, 0.1) is 5.69 Å². The molecule has 106 valence electrons. The van der Waals surface area contributed by atoms with E-state index in [1.165, 1.54) is 48.2 Å². The zero-order valence-electron chi connectivity index (χ0n) is 10.9. The number of hydrogen-bond donors (Lipinski definition) is 1. The summed E-state index contributed by atoms with van der Waals surface area (Å²) in [6.45, 7) is 0. The van der Waals surface area contributed by atoms with E-state index in [-0.39, 0.29) is 11.6 Å². The average Bonchev–Trinajstić information content (AvgIpc) is 2.47. The fourth-order valence-electron chi connectivity index (χ4n) is 1.56. The molecule has 2 rings (SSSR count). The lowest BCUT2D eigenvalue weighted by Crippen LogP contribution is -2.13. The van der Waals surface area contributed by atoms with Crippen LogP contribution in [-0.4, -0.2) is 5.17 Å². The Bertz CT molecular complexity index is 678. The summed E-state index contributed by atoms with van der Waals surface area (Å²) in [6.07, 6.45) is 1.80. The van der Waals surface area contributed by atoms with E-state index in [1.54, 1.807) is 18.3 Å². The van der Waals surface area contributed by atoms with Crippen LogP contribution in [0.5, 0.6) is 0 Å². The predicted molar refractivity (Wildman–Crippen MR) is 79.9 cm³/mol. The third kappa shape index (κ3) is 4.89. The number of benzene rings is 2. The first-order chi connectivity index (χ1) is 10.2. The lowest BCUT2D eigenvalue weighted by atomic mass is 10.2. The van der Waals surface area contributed by atoms with Crippen molar-refractivity contribution in [2.24, 2.45) is 4.99 Å². The lowest BCUT2D eigenvalue weighted by Gasteiger charge is -2.04. The molecule has 0 aliphatic rings. The molecule has 0 radical (unpaired) electrons. The van der Waals surface area contributed by atoms with Crippen molar-refractivity contribution in [3.05, 3.63) is 65.7 Å². The lowest BCUT2D eigenvalue weighted by molar-refractivity contribution is 0.626. The zero-order valence-corrected chi connectivity index (χ0v) is 11.7. The molecule has 0 amide bonds. The van der Waals surface area contributed by atoms with Crippen molar-refractivity contribution in [1.82, 2.24) is 5.32 Å². The Kier molecular flexibility index (Phi) is 5.29. The molecule has 21 heavy (non-hydrogen) atoms. The van der Waals surface area contributed by atoms with Gasteiger partial charge in [0.25, 0.3) is 0 Å². The topological polar surface area (TPSA) is 48.2 Å². The summed E-state index contributed by atoms with van der Waals surface area (Å²) in [6, 6.07) is 11.8. The van der Waals surface area contributed by atoms with Crippen LogP contribution >= 0.6 is 11.8 Å². The molecule has 0 aromatic heterocycles. The van der Waals surface area contributed by atoms with Crippen LogP contribution in [0.25, 0.3) is 0 Å². The number of hydrogen-bond acceptors (Lipinski definition) is 3. The fourth-order valence-corrected chi connectivity index (χ4v) is 2.33. The molecule has 0 unspecified atom stereocenters. The van der Waals surface area contributed by atoms with Gasteiger partial charge in [-0.05, 0) is 42.0 Å². The van der Waals surface area contributed by atoms with Crippen molar-refractivity contribution in [2.45, 2.75) is 5.75 Å². The minimum Gasteiger partial charge on any atom is -0.271 e. The number of nitriles is 1. The smallest absolute Gasteiger partial charge is 0.183 e. The van der Waals surface area contributed by atoms with Crippen LogP contribution in [0.15, 0.2) is 53.5 Å². The SMILES string of the molecule is N#CNC(=Nc1ccc(F)cc1)SCc1cccc(F)c1. The number of nitrogens with zero attached hydrogens (tertiary/aromatic N) is 2. The van der Waals surface area contributed by atoms with Crippen molar-refractivity contribution in [3.8, 4) is 6.19 Å². The third-order valence-electron chi connectivity index (χ3n) is 2.48. The van der Waals surface area contributed by atoms with Crippen molar-refractivity contribution >= 4 is 22.6 Å². The molecule has 2 aromatic rings. The molecule has 0 heterocycles. The minimum atomic E-state index is -0.351. The van der Waals surface area contributed by atoms with Crippen LogP contribution in [0.1, 0.15) is 5.56 Å². The van der Waals surface area contributed by atoms with Gasteiger partial charge in [0.2, 0.25) is 0 Å². The van der Waals surface area contributed by atoms with Crippen LogP contribution < -0.4 is 5.32 Å². The summed E-state index contributed by atoms with van der Waals surface area (Å²) in [4.78, 5) is 4.21. The second-order valence-electron chi connectivity index (χ2n) is 4.05. The largest absolute Gasteiger partial charge is 0.271 e. The van der Waals surface area contributed by atoms with Crippen molar-refractivity contribution < 1.29 is 8.78 Å². The standard InChI is InChI=1S/C15H11F2N3S/c16-12-4-6-14(7-5-12)20-15(19-10-18)21-9-11-2-1-3-13(17)8-11/h1-8H,9H2,(H,19,20). The van der Waals surface area contributed by atoms with Crippen molar-refractivity contribution in [2.75, 3.05) is 0 Å². The molecule has 3 nitrogen and oxygen atoms in total. The van der Waals surface area contributed by atoms with Gasteiger partial charge in [-0.25, -0.2) is 13.8 Å². The molecule has 0 saturated heterocycles. The first kappa shape index (κ1) is 15.0. The number of rotatable bonds is 3. The Morgan fingerprint density at radius 1 is 1.14 bits per heavy atom. The molecular formula is C15H11F2N3S. The molecule has 0 spiro atoms. The van der Waals surface area contributed by atoms with E-state index < -0.39 is 0 Å². The second-order valence-corrected chi connectivity index (χ2v) is 5.01. The first-order valence-corrected chi connectivity index (χ1v) is 7.02. The van der Waals surface area contributed by atoms with Crippen LogP contribution in [0, 0.1) is 23.1 Å². The summed E-state index contributed by atoms with van der Waals surface area (Å²) in [5.41, 5.74) is 1.31. The van der Waals surface area contributed by atoms with E-state index in [9.17, 15) is 8.78 Å². The van der Waals surface area contributed by atoms with Gasteiger partial charge in [-0.2, -0.15) is 5.26 Å². The predicted octanol–water partition coefficient (Wildman–Crippen LogP) is 3.96. The van der Waals surface area contributed by atoms with Gasteiger partial charge < -0.3 is 0 Å². The van der Waals surface area contributed by atoms with E-state index in [0.29, 0.717) is 16.6 Å². The van der Waals surface area contributed by atoms with Crippen LogP contribution in [-0.2, 0) is 5.75 Å². The van der Waals surface area contributed by atoms with E-state index in [1.807, 2.05) is 0 Å². The average molecular weight is 303 g/mol. The first-order valence-electron chi connectivity index (χ1n) is 6.04. The molecule has 0 fully saturated rings.